The molecule has 0 aliphatic carbocycles. The fraction of sp³-hybridized carbons (Fsp3) is 0.450. The van der Waals surface area contributed by atoms with Gasteiger partial charge in [0.05, 0.1) is 5.56 Å². The lowest BCUT2D eigenvalue weighted by Gasteiger charge is -2.43. The molecular weight excluding hydrogens is 400 g/mol. The van der Waals surface area contributed by atoms with Gasteiger partial charge in [0, 0.05) is 23.3 Å². The average molecular weight is 421 g/mol. The lowest BCUT2D eigenvalue weighted by molar-refractivity contribution is 0.218. The molecule has 4 rings (SSSR count). The molecule has 2 aliphatic heterocycles. The highest BCUT2D eigenvalue weighted by atomic mass is 79.9. The fourth-order valence-corrected chi connectivity index (χ4v) is 6.46. The number of alkyl halides is 1. The van der Waals surface area contributed by atoms with Crippen molar-refractivity contribution < 1.29 is 9.15 Å². The van der Waals surface area contributed by atoms with E-state index in [1.807, 2.05) is 6.92 Å². The van der Waals surface area contributed by atoms with Crippen molar-refractivity contribution in [3.63, 3.8) is 0 Å². The number of ether oxygens (including phenoxy) is 1. The molecule has 2 aliphatic rings. The summed E-state index contributed by atoms with van der Waals surface area (Å²) in [4.78, 5) is 12.7. The molecule has 0 radical (unpaired) electrons. The van der Waals surface area contributed by atoms with E-state index in [4.69, 9.17) is 9.15 Å². The molecule has 3 heterocycles. The van der Waals surface area contributed by atoms with Crippen molar-refractivity contribution >= 4 is 27.7 Å². The SMILES string of the molecule is Cc1cc(=O)c2c(o1)SC[C@H]1c3cc(CC(C)C)ccc3OC[C@@]21Br. The van der Waals surface area contributed by atoms with Crippen LogP contribution < -0.4 is 10.2 Å². The largest absolute Gasteiger partial charge is 0.491 e. The highest BCUT2D eigenvalue weighted by Crippen LogP contribution is 2.56. The van der Waals surface area contributed by atoms with E-state index in [9.17, 15) is 4.79 Å². The standard InChI is InChI=1S/C20H21BrO3S/c1-11(2)6-13-4-5-17-14(8-13)15-9-25-19-18(20(15,21)10-23-17)16(22)7-12(3)24-19/h4-5,7-8,11,15H,6,9-10H2,1-3H3/t15-,20-/m0/s1. The van der Waals surface area contributed by atoms with Crippen LogP contribution in [-0.2, 0) is 10.7 Å². The van der Waals surface area contributed by atoms with Crippen LogP contribution in [0.2, 0.25) is 0 Å². The molecule has 132 valence electrons. The first-order chi connectivity index (χ1) is 11.9. The first-order valence-electron chi connectivity index (χ1n) is 8.61. The van der Waals surface area contributed by atoms with Crippen LogP contribution in [0, 0.1) is 12.8 Å². The van der Waals surface area contributed by atoms with Crippen molar-refractivity contribution in [1.29, 1.82) is 0 Å². The van der Waals surface area contributed by atoms with Gasteiger partial charge in [0.15, 0.2) is 10.5 Å². The van der Waals surface area contributed by atoms with Crippen LogP contribution in [0.3, 0.4) is 0 Å². The second kappa shape index (κ2) is 6.20. The summed E-state index contributed by atoms with van der Waals surface area (Å²) in [6.07, 6.45) is 1.04. The van der Waals surface area contributed by atoms with E-state index in [0.717, 1.165) is 23.0 Å². The quantitative estimate of drug-likeness (QED) is 0.639. The van der Waals surface area contributed by atoms with E-state index in [2.05, 4.69) is 48.0 Å². The first kappa shape index (κ1) is 17.2. The fourth-order valence-electron chi connectivity index (χ4n) is 3.82. The van der Waals surface area contributed by atoms with Crippen LogP contribution >= 0.6 is 27.7 Å². The third-order valence-electron chi connectivity index (χ3n) is 4.92. The zero-order chi connectivity index (χ0) is 17.8. The summed E-state index contributed by atoms with van der Waals surface area (Å²) in [7, 11) is 0. The van der Waals surface area contributed by atoms with Gasteiger partial charge in [-0.05, 0) is 30.9 Å². The van der Waals surface area contributed by atoms with E-state index < -0.39 is 4.32 Å². The molecule has 0 N–H and O–H groups in total. The monoisotopic (exact) mass is 420 g/mol. The van der Waals surface area contributed by atoms with E-state index in [1.165, 1.54) is 11.1 Å². The molecule has 2 atom stereocenters. The molecule has 0 amide bonds. The third-order valence-corrected chi connectivity index (χ3v) is 7.15. The molecule has 0 bridgehead atoms. The second-order valence-corrected chi connectivity index (χ2v) is 9.78. The van der Waals surface area contributed by atoms with Crippen molar-refractivity contribution in [2.24, 2.45) is 5.92 Å². The smallest absolute Gasteiger partial charge is 0.191 e. The van der Waals surface area contributed by atoms with E-state index >= 15 is 0 Å². The zero-order valence-corrected chi connectivity index (χ0v) is 17.0. The Morgan fingerprint density at radius 3 is 2.92 bits per heavy atom. The van der Waals surface area contributed by atoms with Gasteiger partial charge in [0.1, 0.15) is 22.4 Å². The maximum Gasteiger partial charge on any atom is 0.191 e. The lowest BCUT2D eigenvalue weighted by atomic mass is 9.80. The predicted molar refractivity (Wildman–Crippen MR) is 104 cm³/mol. The van der Waals surface area contributed by atoms with Gasteiger partial charge in [-0.15, -0.1) is 0 Å². The van der Waals surface area contributed by atoms with Crippen LogP contribution in [0.4, 0.5) is 0 Å². The summed E-state index contributed by atoms with van der Waals surface area (Å²) in [5, 5.41) is 0.725. The summed E-state index contributed by atoms with van der Waals surface area (Å²) < 4.78 is 11.4. The van der Waals surface area contributed by atoms with Gasteiger partial charge in [-0.3, -0.25) is 4.79 Å². The number of hydrogen-bond acceptors (Lipinski definition) is 4. The Kier molecular flexibility index (Phi) is 4.27. The molecule has 0 spiro atoms. The van der Waals surface area contributed by atoms with Crippen LogP contribution in [0.15, 0.2) is 38.6 Å². The molecule has 1 aromatic heterocycles. The minimum Gasteiger partial charge on any atom is -0.491 e. The average Bonchev–Trinajstić information content (AvgIpc) is 2.52. The normalized spacial score (nSPS) is 24.3. The zero-order valence-electron chi connectivity index (χ0n) is 14.6. The van der Waals surface area contributed by atoms with E-state index in [0.29, 0.717) is 23.8 Å². The van der Waals surface area contributed by atoms with Crippen molar-refractivity contribution in [3.8, 4) is 5.75 Å². The molecule has 1 aromatic carbocycles. The highest BCUT2D eigenvalue weighted by Gasteiger charge is 2.50. The number of hydrogen-bond donors (Lipinski definition) is 0. The number of fused-ring (bicyclic) bond motifs is 5. The number of halogens is 1. The van der Waals surface area contributed by atoms with Gasteiger partial charge in [-0.25, -0.2) is 0 Å². The number of rotatable bonds is 2. The van der Waals surface area contributed by atoms with Gasteiger partial charge < -0.3 is 9.15 Å². The summed E-state index contributed by atoms with van der Waals surface area (Å²) in [6.45, 7) is 6.71. The van der Waals surface area contributed by atoms with Crippen molar-refractivity contribution in [2.75, 3.05) is 12.4 Å². The number of thioether (sulfide) groups is 1. The van der Waals surface area contributed by atoms with Gasteiger partial charge in [0.2, 0.25) is 0 Å². The third kappa shape index (κ3) is 2.85. The predicted octanol–water partition coefficient (Wildman–Crippen LogP) is 5.02. The van der Waals surface area contributed by atoms with Crippen LogP contribution in [-0.4, -0.2) is 12.4 Å². The van der Waals surface area contributed by atoms with E-state index in [1.54, 1.807) is 17.8 Å². The topological polar surface area (TPSA) is 39.4 Å². The first-order valence-corrected chi connectivity index (χ1v) is 10.4. The van der Waals surface area contributed by atoms with Crippen LogP contribution in [0.1, 0.15) is 42.2 Å². The lowest BCUT2D eigenvalue weighted by Crippen LogP contribution is -2.44. The summed E-state index contributed by atoms with van der Waals surface area (Å²) in [6, 6.07) is 8.07. The number of benzene rings is 1. The minimum atomic E-state index is -0.522. The van der Waals surface area contributed by atoms with Crippen molar-refractivity contribution in [3.05, 3.63) is 56.9 Å². The molecule has 0 saturated carbocycles. The van der Waals surface area contributed by atoms with Crippen molar-refractivity contribution in [1.82, 2.24) is 0 Å². The maximum absolute atomic E-state index is 12.7. The molecule has 5 heteroatoms. The van der Waals surface area contributed by atoms with Crippen molar-refractivity contribution in [2.45, 2.75) is 42.5 Å². The minimum absolute atomic E-state index is 0.0261. The Bertz CT molecular complexity index is 889. The second-order valence-electron chi connectivity index (χ2n) is 7.37. The maximum atomic E-state index is 12.7. The van der Waals surface area contributed by atoms with Gasteiger partial charge in [-0.2, -0.15) is 0 Å². The van der Waals surface area contributed by atoms with Gasteiger partial charge in [0.25, 0.3) is 0 Å². The molecule has 3 nitrogen and oxygen atoms in total. The molecular formula is C20H21BrO3S. The van der Waals surface area contributed by atoms with Gasteiger partial charge >= 0.3 is 0 Å². The van der Waals surface area contributed by atoms with E-state index in [-0.39, 0.29) is 11.3 Å². The molecule has 0 unspecified atom stereocenters. The molecule has 25 heavy (non-hydrogen) atoms. The van der Waals surface area contributed by atoms with Gasteiger partial charge in [-0.1, -0.05) is 53.7 Å². The molecule has 2 aromatic rings. The summed E-state index contributed by atoms with van der Waals surface area (Å²) in [5.74, 6) is 3.25. The Hall–Kier alpha value is -1.20. The molecule has 0 fully saturated rings. The summed E-state index contributed by atoms with van der Waals surface area (Å²) >= 11 is 5.53. The van der Waals surface area contributed by atoms with Crippen LogP contribution in [0.25, 0.3) is 0 Å². The number of aryl methyl sites for hydroxylation is 1. The summed E-state index contributed by atoms with van der Waals surface area (Å²) in [5.41, 5.74) is 3.25. The Labute approximate surface area is 160 Å². The highest BCUT2D eigenvalue weighted by molar-refractivity contribution is 9.09. The Balaban J connectivity index is 1.83. The Morgan fingerprint density at radius 2 is 2.16 bits per heavy atom. The Morgan fingerprint density at radius 1 is 1.36 bits per heavy atom. The van der Waals surface area contributed by atoms with Crippen LogP contribution in [0.5, 0.6) is 5.75 Å². The molecule has 0 saturated heterocycles.